The Bertz CT molecular complexity index is 1280. The second-order valence-corrected chi connectivity index (χ2v) is 10.4. The zero-order valence-electron chi connectivity index (χ0n) is 17.6. The van der Waals surface area contributed by atoms with Crippen LogP contribution >= 0.6 is 23.2 Å². The lowest BCUT2D eigenvalue weighted by molar-refractivity contribution is -0.142. The topological polar surface area (TPSA) is 91.8 Å². The van der Waals surface area contributed by atoms with Crippen LogP contribution < -0.4 is 0 Å². The van der Waals surface area contributed by atoms with Crippen LogP contribution in [0.25, 0.3) is 0 Å². The number of nitrogens with zero attached hydrogens (tertiary/aromatic N) is 1. The maximum absolute atomic E-state index is 13.5. The normalized spacial score (nSPS) is 12.2. The molecule has 3 aromatic rings. The van der Waals surface area contributed by atoms with E-state index in [1.807, 2.05) is 6.07 Å². The molecule has 0 aliphatic heterocycles. The molecule has 1 N–H and O–H groups in total. The number of benzene rings is 3. The number of sulfone groups is 1. The van der Waals surface area contributed by atoms with E-state index in [2.05, 4.69) is 0 Å². The van der Waals surface area contributed by atoms with Crippen molar-refractivity contribution in [3.63, 3.8) is 0 Å². The molecule has 3 aromatic carbocycles. The third-order valence-electron chi connectivity index (χ3n) is 5.04. The van der Waals surface area contributed by atoms with Gasteiger partial charge in [-0.05, 0) is 41.5 Å². The molecule has 9 heteroatoms. The predicted octanol–water partition coefficient (Wildman–Crippen LogP) is 4.74. The molecule has 0 saturated heterocycles. The summed E-state index contributed by atoms with van der Waals surface area (Å²) >= 11 is 12.2. The van der Waals surface area contributed by atoms with Gasteiger partial charge in [0.1, 0.15) is 6.04 Å². The average molecular weight is 506 g/mol. The fraction of sp³-hybridized carbons (Fsp3) is 0.167. The Morgan fingerprint density at radius 2 is 1.61 bits per heavy atom. The Kier molecular flexibility index (Phi) is 7.79. The van der Waals surface area contributed by atoms with Gasteiger partial charge in [0.2, 0.25) is 0 Å². The maximum Gasteiger partial charge on any atom is 0.326 e. The van der Waals surface area contributed by atoms with Gasteiger partial charge in [0.25, 0.3) is 5.91 Å². The summed E-state index contributed by atoms with van der Waals surface area (Å²) in [5.74, 6) is -1.80. The monoisotopic (exact) mass is 505 g/mol. The van der Waals surface area contributed by atoms with Crippen molar-refractivity contribution in [1.29, 1.82) is 0 Å². The quantitative estimate of drug-likeness (QED) is 0.477. The van der Waals surface area contributed by atoms with Crippen molar-refractivity contribution in [2.24, 2.45) is 0 Å². The SMILES string of the molecule is CS(=O)(=O)c1cccc(CN(C(=O)c2ccc(Cl)cc2Cl)C(Cc2ccccc2)C(=O)O)c1. The lowest BCUT2D eigenvalue weighted by Crippen LogP contribution is -2.46. The first-order valence-corrected chi connectivity index (χ1v) is 12.5. The zero-order chi connectivity index (χ0) is 24.2. The molecule has 33 heavy (non-hydrogen) atoms. The Hall–Kier alpha value is -2.87. The maximum atomic E-state index is 13.5. The van der Waals surface area contributed by atoms with Crippen LogP contribution in [0.3, 0.4) is 0 Å². The first-order chi connectivity index (χ1) is 15.6. The fourth-order valence-electron chi connectivity index (χ4n) is 3.38. The van der Waals surface area contributed by atoms with Crippen LogP contribution in [-0.4, -0.2) is 42.6 Å². The van der Waals surface area contributed by atoms with Gasteiger partial charge in [0, 0.05) is 24.2 Å². The minimum atomic E-state index is -3.49. The molecular weight excluding hydrogens is 485 g/mol. The zero-order valence-corrected chi connectivity index (χ0v) is 19.9. The van der Waals surface area contributed by atoms with Gasteiger partial charge in [0.05, 0.1) is 15.5 Å². The molecule has 0 fully saturated rings. The van der Waals surface area contributed by atoms with Crippen molar-refractivity contribution in [3.05, 3.63) is 99.5 Å². The summed E-state index contributed by atoms with van der Waals surface area (Å²) in [6.07, 6.45) is 1.14. The van der Waals surface area contributed by atoms with E-state index < -0.39 is 27.8 Å². The molecule has 0 saturated carbocycles. The van der Waals surface area contributed by atoms with E-state index in [-0.39, 0.29) is 28.4 Å². The van der Waals surface area contributed by atoms with Gasteiger partial charge in [-0.1, -0.05) is 65.7 Å². The highest BCUT2D eigenvalue weighted by molar-refractivity contribution is 7.90. The number of hydrogen-bond acceptors (Lipinski definition) is 4. The molecule has 1 unspecified atom stereocenters. The van der Waals surface area contributed by atoms with Crippen LogP contribution in [0.5, 0.6) is 0 Å². The number of rotatable bonds is 8. The second-order valence-electron chi connectivity index (χ2n) is 7.52. The molecule has 0 aromatic heterocycles. The predicted molar refractivity (Wildman–Crippen MR) is 127 cm³/mol. The summed E-state index contributed by atoms with van der Waals surface area (Å²) in [6, 6.07) is 18.1. The van der Waals surface area contributed by atoms with E-state index in [0.29, 0.717) is 10.6 Å². The highest BCUT2D eigenvalue weighted by atomic mass is 35.5. The van der Waals surface area contributed by atoms with Crippen molar-refractivity contribution in [2.75, 3.05) is 6.26 Å². The summed E-state index contributed by atoms with van der Waals surface area (Å²) < 4.78 is 24.0. The van der Waals surface area contributed by atoms with Gasteiger partial charge >= 0.3 is 5.97 Å². The van der Waals surface area contributed by atoms with Gasteiger partial charge in [-0.25, -0.2) is 13.2 Å². The van der Waals surface area contributed by atoms with E-state index in [4.69, 9.17) is 23.2 Å². The molecule has 1 atom stereocenters. The third kappa shape index (κ3) is 6.35. The molecule has 0 radical (unpaired) electrons. The molecule has 172 valence electrons. The molecular formula is C24H21Cl2NO5S. The first kappa shape index (κ1) is 24.8. The molecule has 0 spiro atoms. The van der Waals surface area contributed by atoms with Gasteiger partial charge < -0.3 is 10.0 Å². The fourth-order valence-corrected chi connectivity index (χ4v) is 4.56. The van der Waals surface area contributed by atoms with Crippen LogP contribution in [0.15, 0.2) is 77.7 Å². The summed E-state index contributed by atoms with van der Waals surface area (Å²) in [7, 11) is -3.49. The number of halogens is 2. The van der Waals surface area contributed by atoms with E-state index in [0.717, 1.165) is 11.8 Å². The number of hydrogen-bond donors (Lipinski definition) is 1. The number of carboxylic acid groups (broad SMARTS) is 1. The minimum absolute atomic E-state index is 0.0545. The van der Waals surface area contributed by atoms with Gasteiger partial charge in [-0.15, -0.1) is 0 Å². The number of carboxylic acids is 1. The Balaban J connectivity index is 2.06. The summed E-state index contributed by atoms with van der Waals surface area (Å²) in [4.78, 5) is 27.1. The number of amides is 1. The average Bonchev–Trinajstić information content (AvgIpc) is 2.76. The van der Waals surface area contributed by atoms with Crippen molar-refractivity contribution >= 4 is 44.9 Å². The Labute approximate surface area is 202 Å². The Morgan fingerprint density at radius 3 is 2.21 bits per heavy atom. The van der Waals surface area contributed by atoms with Crippen LogP contribution in [0, 0.1) is 0 Å². The van der Waals surface area contributed by atoms with Gasteiger partial charge in [-0.2, -0.15) is 0 Å². The van der Waals surface area contributed by atoms with Crippen LogP contribution in [0.1, 0.15) is 21.5 Å². The highest BCUT2D eigenvalue weighted by Gasteiger charge is 2.32. The third-order valence-corrected chi connectivity index (χ3v) is 6.69. The molecule has 0 aliphatic rings. The van der Waals surface area contributed by atoms with Gasteiger partial charge in [-0.3, -0.25) is 4.79 Å². The Morgan fingerprint density at radius 1 is 0.939 bits per heavy atom. The first-order valence-electron chi connectivity index (χ1n) is 9.88. The molecule has 0 heterocycles. The van der Waals surface area contributed by atoms with E-state index >= 15 is 0 Å². The van der Waals surface area contributed by atoms with Crippen molar-refractivity contribution in [2.45, 2.75) is 23.9 Å². The summed E-state index contributed by atoms with van der Waals surface area (Å²) in [5, 5.41) is 10.5. The standard InChI is InChI=1S/C24H21Cl2NO5S/c1-33(31,32)19-9-5-8-17(12-19)15-27(23(28)20-11-10-18(25)14-21(20)26)22(24(29)30)13-16-6-3-2-4-7-16/h2-12,14,22H,13,15H2,1H3,(H,29,30). The van der Waals surface area contributed by atoms with Crippen LogP contribution in [0.4, 0.5) is 0 Å². The van der Waals surface area contributed by atoms with E-state index in [9.17, 15) is 23.1 Å². The summed E-state index contributed by atoms with van der Waals surface area (Å²) in [6.45, 7) is -0.134. The lowest BCUT2D eigenvalue weighted by atomic mass is 10.0. The highest BCUT2D eigenvalue weighted by Crippen LogP contribution is 2.25. The smallest absolute Gasteiger partial charge is 0.326 e. The van der Waals surface area contributed by atoms with E-state index in [1.54, 1.807) is 36.4 Å². The molecule has 1 amide bonds. The second kappa shape index (κ2) is 10.4. The number of carbonyl (C=O) groups is 2. The molecule has 0 aliphatic carbocycles. The number of aliphatic carboxylic acids is 1. The lowest BCUT2D eigenvalue weighted by Gasteiger charge is -2.30. The minimum Gasteiger partial charge on any atom is -0.480 e. The molecule has 6 nitrogen and oxygen atoms in total. The number of carbonyl (C=O) groups excluding carboxylic acids is 1. The summed E-state index contributed by atoms with van der Waals surface area (Å²) in [5.41, 5.74) is 1.30. The van der Waals surface area contributed by atoms with E-state index in [1.165, 1.54) is 35.2 Å². The van der Waals surface area contributed by atoms with Crippen molar-refractivity contribution in [1.82, 2.24) is 4.90 Å². The van der Waals surface area contributed by atoms with Crippen molar-refractivity contribution in [3.8, 4) is 0 Å². The molecule has 0 bridgehead atoms. The van der Waals surface area contributed by atoms with Gasteiger partial charge in [0.15, 0.2) is 9.84 Å². The molecule has 3 rings (SSSR count). The van der Waals surface area contributed by atoms with Crippen molar-refractivity contribution < 1.29 is 23.1 Å². The largest absolute Gasteiger partial charge is 0.480 e. The van der Waals surface area contributed by atoms with Crippen LogP contribution in [0.2, 0.25) is 10.0 Å². The van der Waals surface area contributed by atoms with Crippen LogP contribution in [-0.2, 0) is 27.6 Å².